The molecule has 6 heteroatoms. The van der Waals surface area contributed by atoms with Gasteiger partial charge in [-0.2, -0.15) is 0 Å². The van der Waals surface area contributed by atoms with Crippen LogP contribution < -0.4 is 15.5 Å². The van der Waals surface area contributed by atoms with Crippen LogP contribution in [0.1, 0.15) is 38.7 Å². The topological polar surface area (TPSA) is 55.8 Å². The summed E-state index contributed by atoms with van der Waals surface area (Å²) >= 11 is 0. The maximum Gasteiger partial charge on any atom is 0.191 e. The smallest absolute Gasteiger partial charge is 0.191 e. The van der Waals surface area contributed by atoms with Gasteiger partial charge in [0.05, 0.1) is 0 Å². The van der Waals surface area contributed by atoms with E-state index in [1.54, 1.807) is 0 Å². The monoisotopic (exact) mass is 346 g/mol. The van der Waals surface area contributed by atoms with Gasteiger partial charge in [-0.1, -0.05) is 26.7 Å². The molecule has 1 saturated heterocycles. The van der Waals surface area contributed by atoms with Crippen LogP contribution in [0.4, 0.5) is 5.82 Å². The van der Waals surface area contributed by atoms with Crippen molar-refractivity contribution in [3.8, 4) is 0 Å². The third-order valence-electron chi connectivity index (χ3n) is 4.71. The number of anilines is 1. The number of piperazine rings is 1. The first-order chi connectivity index (χ1) is 12.3. The Kier molecular flexibility index (Phi) is 8.52. The number of nitrogens with zero attached hydrogens (tertiary/aromatic N) is 4. The molecule has 0 radical (unpaired) electrons. The largest absolute Gasteiger partial charge is 0.356 e. The average Bonchev–Trinajstić information content (AvgIpc) is 2.68. The molecule has 2 N–H and O–H groups in total. The first-order valence-corrected chi connectivity index (χ1v) is 9.63. The average molecular weight is 347 g/mol. The van der Waals surface area contributed by atoms with E-state index in [1.807, 2.05) is 13.2 Å². The number of aliphatic imine (C=N–C) groups is 1. The SMILES string of the molecule is CCCCCNC(=NC)NCc1ccnc(N2CCN(CC)CC2)c1. The molecule has 1 aliphatic heterocycles. The van der Waals surface area contributed by atoms with Gasteiger partial charge in [-0.05, 0) is 30.7 Å². The van der Waals surface area contributed by atoms with Gasteiger partial charge in [0, 0.05) is 52.5 Å². The molecule has 0 spiro atoms. The van der Waals surface area contributed by atoms with Crippen molar-refractivity contribution in [2.24, 2.45) is 4.99 Å². The zero-order valence-corrected chi connectivity index (χ0v) is 16.1. The molecule has 0 atom stereocenters. The Labute approximate surface area is 152 Å². The van der Waals surface area contributed by atoms with Crippen LogP contribution in [-0.2, 0) is 6.54 Å². The molecule has 0 aromatic carbocycles. The van der Waals surface area contributed by atoms with Gasteiger partial charge in [0.2, 0.25) is 0 Å². The van der Waals surface area contributed by atoms with Gasteiger partial charge in [-0.3, -0.25) is 4.99 Å². The second kappa shape index (κ2) is 10.9. The molecule has 0 aliphatic carbocycles. The lowest BCUT2D eigenvalue weighted by Crippen LogP contribution is -2.46. The van der Waals surface area contributed by atoms with Crippen LogP contribution in [0.2, 0.25) is 0 Å². The molecular weight excluding hydrogens is 312 g/mol. The number of likely N-dealkylation sites (N-methyl/N-ethyl adjacent to an activating group) is 1. The zero-order valence-electron chi connectivity index (χ0n) is 16.1. The van der Waals surface area contributed by atoms with Crippen LogP contribution in [0.25, 0.3) is 0 Å². The number of unbranched alkanes of at least 4 members (excludes halogenated alkanes) is 2. The molecule has 0 saturated carbocycles. The normalized spacial score (nSPS) is 16.1. The van der Waals surface area contributed by atoms with Crippen LogP contribution in [0.3, 0.4) is 0 Å². The second-order valence-electron chi connectivity index (χ2n) is 6.50. The molecular formula is C19H34N6. The van der Waals surface area contributed by atoms with Gasteiger partial charge in [-0.25, -0.2) is 4.98 Å². The third kappa shape index (κ3) is 6.53. The van der Waals surface area contributed by atoms with E-state index in [2.05, 4.69) is 56.4 Å². The number of guanidine groups is 1. The lowest BCUT2D eigenvalue weighted by Gasteiger charge is -2.34. The lowest BCUT2D eigenvalue weighted by atomic mass is 10.2. The predicted molar refractivity (Wildman–Crippen MR) is 106 cm³/mol. The summed E-state index contributed by atoms with van der Waals surface area (Å²) in [6.45, 7) is 11.7. The predicted octanol–water partition coefficient (Wildman–Crippen LogP) is 2.08. The highest BCUT2D eigenvalue weighted by Gasteiger charge is 2.16. The molecule has 2 rings (SSSR count). The maximum absolute atomic E-state index is 4.57. The van der Waals surface area contributed by atoms with Gasteiger partial charge in [0.25, 0.3) is 0 Å². The van der Waals surface area contributed by atoms with E-state index in [9.17, 15) is 0 Å². The standard InChI is InChI=1S/C19H34N6/c1-4-6-7-9-22-19(20-3)23-16-17-8-10-21-18(15-17)25-13-11-24(5-2)12-14-25/h8,10,15H,4-7,9,11-14,16H2,1-3H3,(H2,20,22,23). The minimum Gasteiger partial charge on any atom is -0.356 e. The van der Waals surface area contributed by atoms with Crippen molar-refractivity contribution in [2.75, 3.05) is 51.2 Å². The van der Waals surface area contributed by atoms with E-state index in [0.29, 0.717) is 0 Å². The first kappa shape index (κ1) is 19.5. The zero-order chi connectivity index (χ0) is 17.9. The highest BCUT2D eigenvalue weighted by molar-refractivity contribution is 5.79. The van der Waals surface area contributed by atoms with Gasteiger partial charge < -0.3 is 20.4 Å². The summed E-state index contributed by atoms with van der Waals surface area (Å²) in [5, 5.41) is 6.76. The van der Waals surface area contributed by atoms with Crippen molar-refractivity contribution in [2.45, 2.75) is 39.7 Å². The molecule has 0 amide bonds. The number of nitrogens with one attached hydrogen (secondary N) is 2. The summed E-state index contributed by atoms with van der Waals surface area (Å²) in [4.78, 5) is 13.7. The van der Waals surface area contributed by atoms with E-state index in [0.717, 1.165) is 57.6 Å². The molecule has 2 heterocycles. The fraction of sp³-hybridized carbons (Fsp3) is 0.684. The number of pyridine rings is 1. The fourth-order valence-corrected chi connectivity index (χ4v) is 3.02. The summed E-state index contributed by atoms with van der Waals surface area (Å²) in [7, 11) is 1.82. The van der Waals surface area contributed by atoms with Crippen LogP contribution >= 0.6 is 0 Å². The van der Waals surface area contributed by atoms with Gasteiger partial charge in [0.15, 0.2) is 5.96 Å². The maximum atomic E-state index is 4.57. The quantitative estimate of drug-likeness (QED) is 0.429. The molecule has 0 bridgehead atoms. The Morgan fingerprint density at radius 3 is 2.64 bits per heavy atom. The molecule has 140 valence electrons. The third-order valence-corrected chi connectivity index (χ3v) is 4.71. The van der Waals surface area contributed by atoms with Crippen LogP contribution in [-0.4, -0.2) is 62.2 Å². The number of rotatable bonds is 8. The van der Waals surface area contributed by atoms with E-state index in [1.165, 1.54) is 24.8 Å². The summed E-state index contributed by atoms with van der Waals surface area (Å²) in [5.74, 6) is 1.95. The number of hydrogen-bond donors (Lipinski definition) is 2. The summed E-state index contributed by atoms with van der Waals surface area (Å²) in [6.07, 6.45) is 5.58. The van der Waals surface area contributed by atoms with Crippen molar-refractivity contribution in [1.82, 2.24) is 20.5 Å². The number of hydrogen-bond acceptors (Lipinski definition) is 4. The van der Waals surface area contributed by atoms with Crippen molar-refractivity contribution in [3.05, 3.63) is 23.9 Å². The molecule has 6 nitrogen and oxygen atoms in total. The molecule has 1 aromatic heterocycles. The minimum absolute atomic E-state index is 0.762. The molecule has 0 unspecified atom stereocenters. The fourth-order valence-electron chi connectivity index (χ4n) is 3.02. The number of aromatic nitrogens is 1. The summed E-state index contributed by atoms with van der Waals surface area (Å²) < 4.78 is 0. The lowest BCUT2D eigenvalue weighted by molar-refractivity contribution is 0.270. The molecule has 1 aromatic rings. The van der Waals surface area contributed by atoms with Gasteiger partial charge >= 0.3 is 0 Å². The Morgan fingerprint density at radius 1 is 1.16 bits per heavy atom. The van der Waals surface area contributed by atoms with Crippen LogP contribution in [0.5, 0.6) is 0 Å². The van der Waals surface area contributed by atoms with Crippen molar-refractivity contribution >= 4 is 11.8 Å². The van der Waals surface area contributed by atoms with Gasteiger partial charge in [-0.15, -0.1) is 0 Å². The first-order valence-electron chi connectivity index (χ1n) is 9.63. The van der Waals surface area contributed by atoms with Crippen molar-refractivity contribution in [1.29, 1.82) is 0 Å². The van der Waals surface area contributed by atoms with Crippen molar-refractivity contribution in [3.63, 3.8) is 0 Å². The molecule has 1 fully saturated rings. The molecule has 1 aliphatic rings. The summed E-state index contributed by atoms with van der Waals surface area (Å²) in [5.41, 5.74) is 1.24. The Morgan fingerprint density at radius 2 is 1.96 bits per heavy atom. The summed E-state index contributed by atoms with van der Waals surface area (Å²) in [6, 6.07) is 4.27. The Bertz CT molecular complexity index is 522. The van der Waals surface area contributed by atoms with Crippen molar-refractivity contribution < 1.29 is 0 Å². The second-order valence-corrected chi connectivity index (χ2v) is 6.50. The van der Waals surface area contributed by atoms with E-state index in [4.69, 9.17) is 0 Å². The van der Waals surface area contributed by atoms with E-state index in [-0.39, 0.29) is 0 Å². The van der Waals surface area contributed by atoms with E-state index >= 15 is 0 Å². The van der Waals surface area contributed by atoms with E-state index < -0.39 is 0 Å². The highest BCUT2D eigenvalue weighted by Crippen LogP contribution is 2.15. The Hall–Kier alpha value is -1.82. The minimum atomic E-state index is 0.762. The van der Waals surface area contributed by atoms with Crippen LogP contribution in [0, 0.1) is 0 Å². The molecule has 25 heavy (non-hydrogen) atoms. The highest BCUT2D eigenvalue weighted by atomic mass is 15.3. The Balaban J connectivity index is 1.82. The van der Waals surface area contributed by atoms with Gasteiger partial charge in [0.1, 0.15) is 5.82 Å². The van der Waals surface area contributed by atoms with Crippen LogP contribution in [0.15, 0.2) is 23.3 Å².